The Balaban J connectivity index is 0.00000392. The molecule has 1 fully saturated rings. The molecule has 28 heavy (non-hydrogen) atoms. The largest absolute Gasteiger partial charge is 0.371 e. The van der Waals surface area contributed by atoms with E-state index in [1.165, 1.54) is 0 Å². The molecule has 160 valence electrons. The predicted octanol–water partition coefficient (Wildman–Crippen LogP) is 3.20. The fourth-order valence-electron chi connectivity index (χ4n) is 2.97. The summed E-state index contributed by atoms with van der Waals surface area (Å²) in [5.74, 6) is 0.884. The van der Waals surface area contributed by atoms with Crippen LogP contribution >= 0.6 is 24.0 Å². The Hall–Kier alpha value is -0.870. The van der Waals surface area contributed by atoms with Crippen LogP contribution in [0.1, 0.15) is 45.7 Å². The molecule has 0 atom stereocenters. The van der Waals surface area contributed by atoms with Crippen molar-refractivity contribution in [2.45, 2.75) is 58.1 Å². The van der Waals surface area contributed by atoms with Crippen LogP contribution in [-0.4, -0.2) is 55.5 Å². The third-order valence-corrected chi connectivity index (χ3v) is 7.20. The zero-order chi connectivity index (χ0) is 20.3. The number of nitrogens with zero attached hydrogens (tertiary/aromatic N) is 2. The number of nitrogens with one attached hydrogen (secondary N) is 1. The summed E-state index contributed by atoms with van der Waals surface area (Å²) < 4.78 is 29.5. The van der Waals surface area contributed by atoms with E-state index in [4.69, 9.17) is 4.74 Å². The van der Waals surface area contributed by atoms with E-state index in [1.54, 1.807) is 20.9 Å². The number of hydrogen-bond donors (Lipinski definition) is 1. The van der Waals surface area contributed by atoms with Crippen LogP contribution in [0.3, 0.4) is 0 Å². The van der Waals surface area contributed by atoms with Crippen molar-refractivity contribution in [1.29, 1.82) is 0 Å². The molecule has 1 aliphatic rings. The van der Waals surface area contributed by atoms with E-state index in [1.807, 2.05) is 31.7 Å². The number of halogens is 1. The molecule has 0 amide bonds. The maximum atomic E-state index is 12.2. The number of rotatable bonds is 4. The van der Waals surface area contributed by atoms with Crippen LogP contribution in [0.4, 0.5) is 0 Å². The first-order valence-electron chi connectivity index (χ1n) is 9.33. The van der Waals surface area contributed by atoms with Crippen molar-refractivity contribution in [3.8, 4) is 0 Å². The molecule has 1 aromatic rings. The molecule has 0 radical (unpaired) electrons. The molecular weight excluding hydrogens is 489 g/mol. The second kappa shape index (κ2) is 9.75. The molecule has 8 heteroatoms. The molecular formula is C20H34IN3O3S. The number of hydrogen-bond acceptors (Lipinski definition) is 4. The van der Waals surface area contributed by atoms with E-state index in [9.17, 15) is 8.42 Å². The van der Waals surface area contributed by atoms with Gasteiger partial charge in [-0.15, -0.1) is 24.0 Å². The number of guanidine groups is 1. The molecule has 6 nitrogen and oxygen atoms in total. The van der Waals surface area contributed by atoms with Crippen LogP contribution in [0.2, 0.25) is 0 Å². The van der Waals surface area contributed by atoms with Gasteiger partial charge in [0, 0.05) is 26.7 Å². The Bertz CT molecular complexity index is 786. The van der Waals surface area contributed by atoms with Crippen LogP contribution in [0.25, 0.3) is 0 Å². The zero-order valence-electron chi connectivity index (χ0n) is 17.8. The minimum Gasteiger partial charge on any atom is -0.371 e. The predicted molar refractivity (Wildman–Crippen MR) is 126 cm³/mol. The topological polar surface area (TPSA) is 71.0 Å². The van der Waals surface area contributed by atoms with Gasteiger partial charge in [-0.25, -0.2) is 8.42 Å². The van der Waals surface area contributed by atoms with E-state index in [2.05, 4.69) is 28.5 Å². The molecule has 0 unspecified atom stereocenters. The van der Waals surface area contributed by atoms with Crippen molar-refractivity contribution >= 4 is 39.8 Å². The van der Waals surface area contributed by atoms with Crippen molar-refractivity contribution in [2.24, 2.45) is 4.99 Å². The highest BCUT2D eigenvalue weighted by Gasteiger charge is 2.40. The van der Waals surface area contributed by atoms with Crippen molar-refractivity contribution in [1.82, 2.24) is 10.2 Å². The van der Waals surface area contributed by atoms with Gasteiger partial charge in [0.05, 0.1) is 22.7 Å². The maximum Gasteiger partial charge on any atom is 0.193 e. The quantitative estimate of drug-likeness (QED) is 0.373. The molecule has 0 aliphatic carbocycles. The Kier molecular flexibility index (Phi) is 8.77. The minimum atomic E-state index is -3.07. The van der Waals surface area contributed by atoms with Gasteiger partial charge in [-0.2, -0.15) is 0 Å². The maximum absolute atomic E-state index is 12.2. The highest BCUT2D eigenvalue weighted by atomic mass is 127. The first-order valence-corrected chi connectivity index (χ1v) is 11.0. The normalized spacial score (nSPS) is 19.1. The fraction of sp³-hybridized carbons (Fsp3) is 0.650. The summed E-state index contributed by atoms with van der Waals surface area (Å²) in [6, 6.07) is 8.27. The van der Waals surface area contributed by atoms with Gasteiger partial charge in [0.15, 0.2) is 15.8 Å². The molecule has 1 aliphatic heterocycles. The van der Waals surface area contributed by atoms with Gasteiger partial charge in [-0.05, 0) is 45.7 Å². The average Bonchev–Trinajstić information content (AvgIpc) is 2.56. The van der Waals surface area contributed by atoms with Crippen LogP contribution < -0.4 is 5.32 Å². The monoisotopic (exact) mass is 523 g/mol. The second-order valence-electron chi connectivity index (χ2n) is 8.62. The van der Waals surface area contributed by atoms with Gasteiger partial charge in [0.25, 0.3) is 0 Å². The molecule has 0 aromatic heterocycles. The van der Waals surface area contributed by atoms with Gasteiger partial charge in [0.1, 0.15) is 0 Å². The van der Waals surface area contributed by atoms with E-state index in [-0.39, 0.29) is 35.3 Å². The summed E-state index contributed by atoms with van der Waals surface area (Å²) in [6.45, 7) is 11.8. The number of aliphatic imine (C=N–C) groups is 1. The van der Waals surface area contributed by atoms with Gasteiger partial charge in [0.2, 0.25) is 0 Å². The summed E-state index contributed by atoms with van der Waals surface area (Å²) in [5.41, 5.74) is 2.09. The van der Waals surface area contributed by atoms with E-state index in [0.29, 0.717) is 26.2 Å². The standard InChI is InChI=1S/C20H33N3O3S.HI/c1-19(2,3)26-14-17-9-7-8-16(12-17)13-22-18(21-6)23-10-11-27(24,25)20(4,5)15-23;/h7-9,12H,10-11,13-15H2,1-6H3,(H,21,22);1H. The first kappa shape index (κ1) is 25.2. The molecule has 1 saturated heterocycles. The van der Waals surface area contributed by atoms with Crippen LogP contribution in [-0.2, 0) is 27.7 Å². The molecule has 1 aromatic carbocycles. The Morgan fingerprint density at radius 3 is 2.50 bits per heavy atom. The lowest BCUT2D eigenvalue weighted by Crippen LogP contribution is -2.57. The summed E-state index contributed by atoms with van der Waals surface area (Å²) in [6.07, 6.45) is 0. The number of benzene rings is 1. The molecule has 0 spiro atoms. The van der Waals surface area contributed by atoms with Crippen molar-refractivity contribution in [3.63, 3.8) is 0 Å². The zero-order valence-corrected chi connectivity index (χ0v) is 20.9. The number of sulfone groups is 1. The third-order valence-electron chi connectivity index (χ3n) is 4.67. The molecule has 1 heterocycles. The minimum absolute atomic E-state index is 0. The molecule has 2 rings (SSSR count). The van der Waals surface area contributed by atoms with Crippen molar-refractivity contribution in [3.05, 3.63) is 35.4 Å². The Morgan fingerprint density at radius 2 is 1.93 bits per heavy atom. The van der Waals surface area contributed by atoms with Crippen molar-refractivity contribution in [2.75, 3.05) is 25.9 Å². The van der Waals surface area contributed by atoms with Gasteiger partial charge >= 0.3 is 0 Å². The van der Waals surface area contributed by atoms with Crippen LogP contribution in [0.15, 0.2) is 29.3 Å². The average molecular weight is 523 g/mol. The summed E-state index contributed by atoms with van der Waals surface area (Å²) in [7, 11) is -1.34. The van der Waals surface area contributed by atoms with Crippen LogP contribution in [0, 0.1) is 0 Å². The summed E-state index contributed by atoms with van der Waals surface area (Å²) in [5, 5.41) is 3.36. The van der Waals surface area contributed by atoms with Gasteiger partial charge in [-0.1, -0.05) is 24.3 Å². The highest BCUT2D eigenvalue weighted by Crippen LogP contribution is 2.23. The fourth-order valence-corrected chi connectivity index (χ4v) is 4.33. The van der Waals surface area contributed by atoms with Gasteiger partial charge in [-0.3, -0.25) is 4.99 Å². The lowest BCUT2D eigenvalue weighted by atomic mass is 10.1. The van der Waals surface area contributed by atoms with Gasteiger partial charge < -0.3 is 15.0 Å². The molecule has 0 saturated carbocycles. The highest BCUT2D eigenvalue weighted by molar-refractivity contribution is 14.0. The first-order chi connectivity index (χ1) is 12.4. The third kappa shape index (κ3) is 6.88. The lowest BCUT2D eigenvalue weighted by molar-refractivity contribution is -0.0149. The Labute approximate surface area is 187 Å². The van der Waals surface area contributed by atoms with Crippen molar-refractivity contribution < 1.29 is 13.2 Å². The Morgan fingerprint density at radius 1 is 1.29 bits per heavy atom. The SMILES string of the molecule is CN=C(NCc1cccc(COC(C)(C)C)c1)N1CCS(=O)(=O)C(C)(C)C1.I. The smallest absolute Gasteiger partial charge is 0.193 e. The molecule has 0 bridgehead atoms. The van der Waals surface area contributed by atoms with E-state index >= 15 is 0 Å². The van der Waals surface area contributed by atoms with Crippen LogP contribution in [0.5, 0.6) is 0 Å². The molecule has 1 N–H and O–H groups in total. The summed E-state index contributed by atoms with van der Waals surface area (Å²) >= 11 is 0. The second-order valence-corrected chi connectivity index (χ2v) is 11.4. The number of ether oxygens (including phenoxy) is 1. The lowest BCUT2D eigenvalue weighted by Gasteiger charge is -2.39. The van der Waals surface area contributed by atoms with E-state index < -0.39 is 14.6 Å². The summed E-state index contributed by atoms with van der Waals surface area (Å²) in [4.78, 5) is 6.36. The van der Waals surface area contributed by atoms with E-state index in [0.717, 1.165) is 17.1 Å².